The molecule has 1 aromatic carbocycles. The van der Waals surface area contributed by atoms with Gasteiger partial charge in [0.2, 0.25) is 5.91 Å². The second-order valence-corrected chi connectivity index (χ2v) is 9.59. The maximum Gasteiger partial charge on any atom is 0.229 e. The molecule has 4 rings (SSSR count). The maximum absolute atomic E-state index is 13.2. The van der Waals surface area contributed by atoms with Gasteiger partial charge in [-0.2, -0.15) is 0 Å². The summed E-state index contributed by atoms with van der Waals surface area (Å²) in [6.07, 6.45) is 1.67. The van der Waals surface area contributed by atoms with E-state index in [1.54, 1.807) is 23.5 Å². The first-order chi connectivity index (χ1) is 14.0. The minimum absolute atomic E-state index is 0.00176. The molecule has 0 saturated carbocycles. The van der Waals surface area contributed by atoms with Crippen LogP contribution in [0.4, 0.5) is 9.52 Å². The van der Waals surface area contributed by atoms with Crippen LogP contribution in [0.1, 0.15) is 28.4 Å². The van der Waals surface area contributed by atoms with Crippen LogP contribution in [0.15, 0.2) is 29.6 Å². The Labute approximate surface area is 177 Å². The Morgan fingerprint density at radius 2 is 1.93 bits per heavy atom. The van der Waals surface area contributed by atoms with Gasteiger partial charge in [-0.3, -0.25) is 9.69 Å². The number of anilines is 1. The molecule has 8 heteroatoms. The van der Waals surface area contributed by atoms with Crippen molar-refractivity contribution in [2.24, 2.45) is 5.92 Å². The van der Waals surface area contributed by atoms with Crippen LogP contribution in [-0.4, -0.2) is 33.9 Å². The first-order valence-corrected chi connectivity index (χ1v) is 11.3. The van der Waals surface area contributed by atoms with Crippen molar-refractivity contribution in [1.82, 2.24) is 14.9 Å². The van der Waals surface area contributed by atoms with Crippen LogP contribution in [0.5, 0.6) is 0 Å². The predicted molar refractivity (Wildman–Crippen MR) is 116 cm³/mol. The average Bonchev–Trinajstić information content (AvgIpc) is 3.28. The molecule has 1 saturated heterocycles. The van der Waals surface area contributed by atoms with Crippen LogP contribution in [0.2, 0.25) is 0 Å². The number of rotatable bonds is 5. The summed E-state index contributed by atoms with van der Waals surface area (Å²) in [4.78, 5) is 25.2. The molecule has 1 aliphatic rings. The molecule has 3 heterocycles. The number of carbonyl (C=O) groups is 1. The highest BCUT2D eigenvalue weighted by Gasteiger charge is 2.26. The Bertz CT molecular complexity index is 991. The number of hydrogen-bond donors (Lipinski definition) is 1. The summed E-state index contributed by atoms with van der Waals surface area (Å²) in [5.41, 5.74) is 2.76. The number of aryl methyl sites for hydroxylation is 2. The van der Waals surface area contributed by atoms with E-state index >= 15 is 0 Å². The number of carbonyl (C=O) groups excluding carboxylic acids is 1. The lowest BCUT2D eigenvalue weighted by atomic mass is 9.96. The molecule has 1 fully saturated rings. The van der Waals surface area contributed by atoms with Crippen molar-refractivity contribution in [3.8, 4) is 11.3 Å². The van der Waals surface area contributed by atoms with Crippen molar-refractivity contribution in [2.45, 2.75) is 33.2 Å². The van der Waals surface area contributed by atoms with E-state index in [0.717, 1.165) is 59.3 Å². The minimum Gasteiger partial charge on any atom is -0.302 e. The van der Waals surface area contributed by atoms with Gasteiger partial charge in [-0.05, 0) is 64.0 Å². The Morgan fingerprint density at radius 3 is 2.59 bits per heavy atom. The van der Waals surface area contributed by atoms with E-state index in [-0.39, 0.29) is 17.6 Å². The summed E-state index contributed by atoms with van der Waals surface area (Å²) in [5.74, 6) is -0.234. The molecule has 0 aliphatic carbocycles. The van der Waals surface area contributed by atoms with Gasteiger partial charge >= 0.3 is 0 Å². The molecule has 5 nitrogen and oxygen atoms in total. The van der Waals surface area contributed by atoms with E-state index in [4.69, 9.17) is 0 Å². The van der Waals surface area contributed by atoms with E-state index in [0.29, 0.717) is 5.13 Å². The van der Waals surface area contributed by atoms with Gasteiger partial charge in [0.25, 0.3) is 0 Å². The Kier molecular flexibility index (Phi) is 6.03. The number of aromatic nitrogens is 2. The maximum atomic E-state index is 13.2. The second kappa shape index (κ2) is 8.69. The molecule has 152 valence electrons. The molecule has 2 aromatic heterocycles. The molecule has 0 radical (unpaired) electrons. The van der Waals surface area contributed by atoms with Crippen LogP contribution in [0.25, 0.3) is 11.3 Å². The fourth-order valence-corrected chi connectivity index (χ4v) is 5.04. The largest absolute Gasteiger partial charge is 0.302 e. The molecule has 1 aliphatic heterocycles. The van der Waals surface area contributed by atoms with Crippen LogP contribution in [-0.2, 0) is 11.3 Å². The minimum atomic E-state index is -0.272. The third kappa shape index (κ3) is 4.88. The fourth-order valence-electron chi connectivity index (χ4n) is 3.60. The zero-order valence-electron chi connectivity index (χ0n) is 16.4. The van der Waals surface area contributed by atoms with Crippen molar-refractivity contribution in [3.63, 3.8) is 0 Å². The molecule has 1 amide bonds. The van der Waals surface area contributed by atoms with Crippen LogP contribution < -0.4 is 5.32 Å². The number of hydrogen-bond acceptors (Lipinski definition) is 6. The number of nitrogens with zero attached hydrogens (tertiary/aromatic N) is 3. The SMILES string of the molecule is Cc1nc(CN2CCC(C(=O)Nc3nc(-c4ccc(F)cc4)c(C)s3)CC2)cs1. The molecule has 0 atom stereocenters. The Balaban J connectivity index is 1.33. The summed E-state index contributed by atoms with van der Waals surface area (Å²) in [7, 11) is 0. The molecule has 0 unspecified atom stereocenters. The molecular formula is C21H23FN4OS2. The van der Waals surface area contributed by atoms with E-state index < -0.39 is 0 Å². The molecular weight excluding hydrogens is 407 g/mol. The van der Waals surface area contributed by atoms with Crippen molar-refractivity contribution in [2.75, 3.05) is 18.4 Å². The quantitative estimate of drug-likeness (QED) is 0.627. The standard InChI is InChI=1S/C21H23FN4OS2/c1-13-19(15-3-5-17(22)6-4-15)24-21(29-13)25-20(27)16-7-9-26(10-8-16)11-18-12-28-14(2)23-18/h3-6,12,16H,7-11H2,1-2H3,(H,24,25,27). The van der Waals surface area contributed by atoms with Gasteiger partial charge in [-0.1, -0.05) is 0 Å². The molecule has 3 aromatic rings. The van der Waals surface area contributed by atoms with Crippen molar-refractivity contribution in [1.29, 1.82) is 0 Å². The number of amides is 1. The normalized spacial score (nSPS) is 15.6. The highest BCUT2D eigenvalue weighted by Crippen LogP contribution is 2.31. The monoisotopic (exact) mass is 430 g/mol. The number of piperidine rings is 1. The molecule has 29 heavy (non-hydrogen) atoms. The van der Waals surface area contributed by atoms with Gasteiger partial charge in [-0.15, -0.1) is 22.7 Å². The summed E-state index contributed by atoms with van der Waals surface area (Å²) in [6.45, 7) is 6.63. The third-order valence-corrected chi connectivity index (χ3v) is 6.86. The van der Waals surface area contributed by atoms with Crippen LogP contribution in [0.3, 0.4) is 0 Å². The van der Waals surface area contributed by atoms with Gasteiger partial charge in [-0.25, -0.2) is 14.4 Å². The lowest BCUT2D eigenvalue weighted by Crippen LogP contribution is -2.37. The van der Waals surface area contributed by atoms with Crippen molar-refractivity contribution in [3.05, 3.63) is 51.0 Å². The number of thiazole rings is 2. The van der Waals surface area contributed by atoms with Crippen molar-refractivity contribution >= 4 is 33.7 Å². The summed E-state index contributed by atoms with van der Waals surface area (Å²) >= 11 is 3.13. The highest BCUT2D eigenvalue weighted by atomic mass is 32.1. The Morgan fingerprint density at radius 1 is 1.21 bits per heavy atom. The zero-order chi connectivity index (χ0) is 20.4. The van der Waals surface area contributed by atoms with E-state index in [1.165, 1.54) is 23.5 Å². The van der Waals surface area contributed by atoms with Gasteiger partial charge in [0, 0.05) is 28.3 Å². The molecule has 1 N–H and O–H groups in total. The topological polar surface area (TPSA) is 58.1 Å². The smallest absolute Gasteiger partial charge is 0.229 e. The van der Waals surface area contributed by atoms with Gasteiger partial charge < -0.3 is 5.32 Å². The lowest BCUT2D eigenvalue weighted by molar-refractivity contribution is -0.121. The summed E-state index contributed by atoms with van der Waals surface area (Å²) < 4.78 is 13.2. The van der Waals surface area contributed by atoms with Gasteiger partial charge in [0.1, 0.15) is 5.82 Å². The number of likely N-dealkylation sites (tertiary alicyclic amines) is 1. The molecule has 0 bridgehead atoms. The van der Waals surface area contributed by atoms with E-state index in [1.807, 2.05) is 13.8 Å². The zero-order valence-corrected chi connectivity index (χ0v) is 18.1. The second-order valence-electron chi connectivity index (χ2n) is 7.33. The van der Waals surface area contributed by atoms with Crippen molar-refractivity contribution < 1.29 is 9.18 Å². The van der Waals surface area contributed by atoms with Crippen LogP contribution in [0, 0.1) is 25.6 Å². The predicted octanol–water partition coefficient (Wildman–Crippen LogP) is 4.87. The van der Waals surface area contributed by atoms with E-state index in [9.17, 15) is 9.18 Å². The van der Waals surface area contributed by atoms with E-state index in [2.05, 4.69) is 25.6 Å². The van der Waals surface area contributed by atoms with Crippen LogP contribution >= 0.6 is 22.7 Å². The fraction of sp³-hybridized carbons (Fsp3) is 0.381. The van der Waals surface area contributed by atoms with Gasteiger partial charge in [0.05, 0.1) is 16.4 Å². The summed E-state index contributed by atoms with van der Waals surface area (Å²) in [5, 5.41) is 6.79. The number of nitrogens with one attached hydrogen (secondary N) is 1. The highest BCUT2D eigenvalue weighted by molar-refractivity contribution is 7.16. The first kappa shape index (κ1) is 20.1. The number of benzene rings is 1. The third-order valence-electron chi connectivity index (χ3n) is 5.15. The lowest BCUT2D eigenvalue weighted by Gasteiger charge is -2.30. The first-order valence-electron chi connectivity index (χ1n) is 9.65. The average molecular weight is 431 g/mol. The number of halogens is 1. The molecule has 0 spiro atoms. The van der Waals surface area contributed by atoms with Gasteiger partial charge in [0.15, 0.2) is 5.13 Å². The Hall–Kier alpha value is -2.16. The summed E-state index contributed by atoms with van der Waals surface area (Å²) in [6, 6.07) is 6.27.